The van der Waals surface area contributed by atoms with Crippen LogP contribution in [0.15, 0.2) is 4.52 Å². The van der Waals surface area contributed by atoms with Gasteiger partial charge in [-0.2, -0.15) is 4.98 Å². The number of aromatic nitrogens is 2. The van der Waals surface area contributed by atoms with Crippen LogP contribution in [0.1, 0.15) is 50.7 Å². The number of likely N-dealkylation sites (N-methyl/N-ethyl adjacent to an activating group) is 1. The molecule has 1 fully saturated rings. The van der Waals surface area contributed by atoms with Crippen LogP contribution in [0.5, 0.6) is 0 Å². The van der Waals surface area contributed by atoms with E-state index in [1.54, 1.807) is 0 Å². The lowest BCUT2D eigenvalue weighted by Crippen LogP contribution is -2.21. The van der Waals surface area contributed by atoms with Gasteiger partial charge in [0.05, 0.1) is 0 Å². The van der Waals surface area contributed by atoms with Crippen LogP contribution in [0.25, 0.3) is 0 Å². The zero-order valence-electron chi connectivity index (χ0n) is 10.3. The van der Waals surface area contributed by atoms with Crippen LogP contribution in [0, 0.1) is 0 Å². The zero-order valence-corrected chi connectivity index (χ0v) is 10.3. The standard InChI is InChI=1S/C12H21N3O/c1-3-12(7-4-5-8-12)11-14-10(15-16-11)6-9-13-2/h13H,3-9H2,1-2H3. The zero-order chi connectivity index (χ0) is 11.4. The van der Waals surface area contributed by atoms with E-state index in [0.29, 0.717) is 0 Å². The Balaban J connectivity index is 2.10. The second kappa shape index (κ2) is 4.95. The first kappa shape index (κ1) is 11.6. The minimum Gasteiger partial charge on any atom is -0.339 e. The Labute approximate surface area is 96.8 Å². The maximum atomic E-state index is 5.45. The highest BCUT2D eigenvalue weighted by atomic mass is 16.5. The van der Waals surface area contributed by atoms with Gasteiger partial charge < -0.3 is 9.84 Å². The van der Waals surface area contributed by atoms with E-state index in [-0.39, 0.29) is 5.41 Å². The minimum absolute atomic E-state index is 0.185. The first-order valence-corrected chi connectivity index (χ1v) is 6.28. The maximum absolute atomic E-state index is 5.45. The average Bonchev–Trinajstić information content (AvgIpc) is 2.95. The second-order valence-electron chi connectivity index (χ2n) is 4.71. The van der Waals surface area contributed by atoms with Crippen molar-refractivity contribution >= 4 is 0 Å². The summed E-state index contributed by atoms with van der Waals surface area (Å²) in [6.07, 6.45) is 6.96. The van der Waals surface area contributed by atoms with E-state index in [0.717, 1.165) is 31.1 Å². The fourth-order valence-electron chi connectivity index (χ4n) is 2.58. The Bertz CT molecular complexity index is 329. The molecule has 90 valence electrons. The van der Waals surface area contributed by atoms with Crippen LogP contribution in [0.2, 0.25) is 0 Å². The van der Waals surface area contributed by atoms with Gasteiger partial charge in [-0.1, -0.05) is 24.9 Å². The lowest BCUT2D eigenvalue weighted by atomic mass is 9.83. The molecule has 0 saturated heterocycles. The first-order chi connectivity index (χ1) is 7.80. The van der Waals surface area contributed by atoms with Crippen molar-refractivity contribution in [1.29, 1.82) is 0 Å². The molecule has 2 rings (SSSR count). The molecule has 1 aliphatic carbocycles. The monoisotopic (exact) mass is 223 g/mol. The predicted molar refractivity (Wildman–Crippen MR) is 62.4 cm³/mol. The predicted octanol–water partition coefficient (Wildman–Crippen LogP) is 2.05. The molecule has 1 aliphatic rings. The van der Waals surface area contributed by atoms with Crippen LogP contribution >= 0.6 is 0 Å². The summed E-state index contributed by atoms with van der Waals surface area (Å²) in [4.78, 5) is 4.56. The van der Waals surface area contributed by atoms with Crippen LogP contribution in [-0.4, -0.2) is 23.7 Å². The molecule has 0 radical (unpaired) electrons. The Kier molecular flexibility index (Phi) is 3.59. The van der Waals surface area contributed by atoms with Gasteiger partial charge in [0.15, 0.2) is 5.82 Å². The molecule has 0 unspecified atom stereocenters. The molecule has 1 saturated carbocycles. The Morgan fingerprint density at radius 3 is 2.75 bits per heavy atom. The molecule has 4 heteroatoms. The molecule has 0 spiro atoms. The summed E-state index contributed by atoms with van der Waals surface area (Å²) in [5, 5.41) is 7.16. The van der Waals surface area contributed by atoms with Gasteiger partial charge >= 0.3 is 0 Å². The molecule has 1 aromatic heterocycles. The van der Waals surface area contributed by atoms with Crippen molar-refractivity contribution in [2.45, 2.75) is 50.9 Å². The molecule has 4 nitrogen and oxygen atoms in total. The van der Waals surface area contributed by atoms with Crippen molar-refractivity contribution in [1.82, 2.24) is 15.5 Å². The number of hydrogen-bond acceptors (Lipinski definition) is 4. The fraction of sp³-hybridized carbons (Fsp3) is 0.833. The van der Waals surface area contributed by atoms with E-state index in [9.17, 15) is 0 Å². The molecule has 1 heterocycles. The Hall–Kier alpha value is -0.900. The number of rotatable bonds is 5. The van der Waals surface area contributed by atoms with Gasteiger partial charge in [-0.25, -0.2) is 0 Å². The summed E-state index contributed by atoms with van der Waals surface area (Å²) in [5.41, 5.74) is 0.185. The van der Waals surface area contributed by atoms with E-state index >= 15 is 0 Å². The highest BCUT2D eigenvalue weighted by Gasteiger charge is 2.38. The van der Waals surface area contributed by atoms with Gasteiger partial charge in [0, 0.05) is 18.4 Å². The van der Waals surface area contributed by atoms with Crippen LogP contribution in [0.4, 0.5) is 0 Å². The van der Waals surface area contributed by atoms with E-state index in [1.165, 1.54) is 25.7 Å². The van der Waals surface area contributed by atoms with Crippen molar-refractivity contribution in [2.24, 2.45) is 0 Å². The third-order valence-corrected chi connectivity index (χ3v) is 3.76. The molecule has 0 amide bonds. The highest BCUT2D eigenvalue weighted by molar-refractivity contribution is 5.07. The third kappa shape index (κ3) is 2.12. The lowest BCUT2D eigenvalue weighted by Gasteiger charge is -2.21. The van der Waals surface area contributed by atoms with E-state index in [1.807, 2.05) is 7.05 Å². The van der Waals surface area contributed by atoms with Crippen LogP contribution in [0.3, 0.4) is 0 Å². The largest absolute Gasteiger partial charge is 0.339 e. The highest BCUT2D eigenvalue weighted by Crippen LogP contribution is 2.42. The number of nitrogens with one attached hydrogen (secondary N) is 1. The summed E-state index contributed by atoms with van der Waals surface area (Å²) >= 11 is 0. The second-order valence-corrected chi connectivity index (χ2v) is 4.71. The fourth-order valence-corrected chi connectivity index (χ4v) is 2.58. The molecule has 0 bridgehead atoms. The van der Waals surface area contributed by atoms with Gasteiger partial charge in [-0.3, -0.25) is 0 Å². The van der Waals surface area contributed by atoms with E-state index in [2.05, 4.69) is 22.4 Å². The molecule has 1 N–H and O–H groups in total. The number of hydrogen-bond donors (Lipinski definition) is 1. The molecule has 16 heavy (non-hydrogen) atoms. The van der Waals surface area contributed by atoms with E-state index in [4.69, 9.17) is 4.52 Å². The van der Waals surface area contributed by atoms with Gasteiger partial charge in [-0.05, 0) is 26.3 Å². The summed E-state index contributed by atoms with van der Waals surface area (Å²) in [6, 6.07) is 0. The molecular weight excluding hydrogens is 202 g/mol. The topological polar surface area (TPSA) is 51.0 Å². The average molecular weight is 223 g/mol. The van der Waals surface area contributed by atoms with Gasteiger partial charge in [0.25, 0.3) is 0 Å². The Morgan fingerprint density at radius 2 is 2.12 bits per heavy atom. The smallest absolute Gasteiger partial charge is 0.232 e. The van der Waals surface area contributed by atoms with Gasteiger partial charge in [-0.15, -0.1) is 0 Å². The third-order valence-electron chi connectivity index (χ3n) is 3.76. The Morgan fingerprint density at radius 1 is 1.38 bits per heavy atom. The molecule has 0 atom stereocenters. The molecule has 0 aliphatic heterocycles. The number of nitrogens with zero attached hydrogens (tertiary/aromatic N) is 2. The minimum atomic E-state index is 0.185. The lowest BCUT2D eigenvalue weighted by molar-refractivity contribution is 0.271. The van der Waals surface area contributed by atoms with Crippen LogP contribution < -0.4 is 5.32 Å². The van der Waals surface area contributed by atoms with Crippen molar-refractivity contribution in [2.75, 3.05) is 13.6 Å². The summed E-state index contributed by atoms with van der Waals surface area (Å²) in [7, 11) is 1.94. The quantitative estimate of drug-likeness (QED) is 0.830. The molecule has 0 aromatic carbocycles. The SMILES string of the molecule is CCC1(c2nc(CCNC)no2)CCCC1. The van der Waals surface area contributed by atoms with E-state index < -0.39 is 0 Å². The van der Waals surface area contributed by atoms with Crippen molar-refractivity contribution < 1.29 is 4.52 Å². The normalized spacial score (nSPS) is 19.1. The molecular formula is C12H21N3O. The first-order valence-electron chi connectivity index (χ1n) is 6.28. The van der Waals surface area contributed by atoms with Crippen molar-refractivity contribution in [3.05, 3.63) is 11.7 Å². The van der Waals surface area contributed by atoms with Crippen LogP contribution in [-0.2, 0) is 11.8 Å². The summed E-state index contributed by atoms with van der Waals surface area (Å²) < 4.78 is 5.45. The van der Waals surface area contributed by atoms with Gasteiger partial charge in [0.1, 0.15) is 0 Å². The van der Waals surface area contributed by atoms with Gasteiger partial charge in [0.2, 0.25) is 5.89 Å². The maximum Gasteiger partial charge on any atom is 0.232 e. The molecule has 1 aromatic rings. The van der Waals surface area contributed by atoms with Crippen molar-refractivity contribution in [3.63, 3.8) is 0 Å². The summed E-state index contributed by atoms with van der Waals surface area (Å²) in [5.74, 6) is 1.71. The van der Waals surface area contributed by atoms with Crippen molar-refractivity contribution in [3.8, 4) is 0 Å². The summed E-state index contributed by atoms with van der Waals surface area (Å²) in [6.45, 7) is 3.13.